The van der Waals surface area contributed by atoms with E-state index >= 15 is 0 Å². The Kier molecular flexibility index (Phi) is 13.5. The van der Waals surface area contributed by atoms with Crippen molar-refractivity contribution in [2.24, 2.45) is 11.3 Å². The first-order valence-electron chi connectivity index (χ1n) is 10.3. The summed E-state index contributed by atoms with van der Waals surface area (Å²) in [5.41, 5.74) is 0.294. The Morgan fingerprint density at radius 2 is 1.19 bits per heavy atom. The van der Waals surface area contributed by atoms with Gasteiger partial charge in [0, 0.05) is 24.2 Å². The van der Waals surface area contributed by atoms with E-state index in [1.165, 1.54) is 13.8 Å². The van der Waals surface area contributed by atoms with Gasteiger partial charge in [0.2, 0.25) is 0 Å². The first-order chi connectivity index (χ1) is 14.8. The number of nitrogens with one attached hydrogen (secondary N) is 2. The van der Waals surface area contributed by atoms with Gasteiger partial charge in [-0.1, -0.05) is 33.9 Å². The van der Waals surface area contributed by atoms with E-state index in [1.54, 1.807) is 0 Å². The van der Waals surface area contributed by atoms with Gasteiger partial charge >= 0.3 is 24.1 Å². The SMILES string of the molecule is C=C(C)C(=O)OCCOC(=O)NCC(C)CC(C)(C)CNC(=O)OCCOC(=O)C(=C)C. The third kappa shape index (κ3) is 14.9. The first-order valence-corrected chi connectivity index (χ1v) is 10.3. The predicted octanol–water partition coefficient (Wildman–Crippen LogP) is 2.73. The molecule has 0 aliphatic carbocycles. The van der Waals surface area contributed by atoms with E-state index in [2.05, 4.69) is 23.8 Å². The first kappa shape index (κ1) is 29.0. The van der Waals surface area contributed by atoms with Crippen LogP contribution in [-0.4, -0.2) is 63.6 Å². The van der Waals surface area contributed by atoms with E-state index in [4.69, 9.17) is 18.9 Å². The van der Waals surface area contributed by atoms with Gasteiger partial charge in [0.05, 0.1) is 0 Å². The van der Waals surface area contributed by atoms with Crippen LogP contribution in [0.15, 0.2) is 24.3 Å². The van der Waals surface area contributed by atoms with Crippen LogP contribution in [-0.2, 0) is 28.5 Å². The smallest absolute Gasteiger partial charge is 0.407 e. The second kappa shape index (κ2) is 14.9. The number of hydrogen-bond acceptors (Lipinski definition) is 8. The Hall–Kier alpha value is -3.04. The third-order valence-electron chi connectivity index (χ3n) is 4.00. The van der Waals surface area contributed by atoms with Gasteiger partial charge in [-0.25, -0.2) is 19.2 Å². The molecule has 10 nitrogen and oxygen atoms in total. The van der Waals surface area contributed by atoms with E-state index in [9.17, 15) is 19.2 Å². The maximum Gasteiger partial charge on any atom is 0.407 e. The summed E-state index contributed by atoms with van der Waals surface area (Å²) in [6.07, 6.45) is -0.499. The highest BCUT2D eigenvalue weighted by molar-refractivity contribution is 5.87. The third-order valence-corrected chi connectivity index (χ3v) is 4.00. The zero-order chi connectivity index (χ0) is 24.7. The van der Waals surface area contributed by atoms with Crippen LogP contribution in [0, 0.1) is 11.3 Å². The summed E-state index contributed by atoms with van der Waals surface area (Å²) >= 11 is 0. The summed E-state index contributed by atoms with van der Waals surface area (Å²) in [5.74, 6) is -0.959. The summed E-state index contributed by atoms with van der Waals surface area (Å²) < 4.78 is 19.6. The number of alkyl carbamates (subject to hydrolysis) is 2. The molecule has 0 fully saturated rings. The number of carbonyl (C=O) groups excluding carboxylic acids is 4. The van der Waals surface area contributed by atoms with Gasteiger partial charge in [-0.15, -0.1) is 0 Å². The van der Waals surface area contributed by atoms with Crippen molar-refractivity contribution in [1.82, 2.24) is 10.6 Å². The molecule has 0 aliphatic heterocycles. The van der Waals surface area contributed by atoms with E-state index in [-0.39, 0.29) is 48.9 Å². The maximum absolute atomic E-state index is 11.8. The van der Waals surface area contributed by atoms with Gasteiger partial charge in [0.1, 0.15) is 26.4 Å². The van der Waals surface area contributed by atoms with E-state index in [0.29, 0.717) is 19.5 Å². The molecule has 0 aromatic rings. The number of esters is 2. The zero-order valence-electron chi connectivity index (χ0n) is 19.7. The highest BCUT2D eigenvalue weighted by Gasteiger charge is 2.23. The van der Waals surface area contributed by atoms with Crippen LogP contribution in [0.25, 0.3) is 0 Å². The molecule has 32 heavy (non-hydrogen) atoms. The summed E-state index contributed by atoms with van der Waals surface area (Å²) in [6, 6.07) is 0. The minimum atomic E-state index is -0.605. The molecule has 2 amide bonds. The summed E-state index contributed by atoms with van der Waals surface area (Å²) in [4.78, 5) is 45.9. The predicted molar refractivity (Wildman–Crippen MR) is 118 cm³/mol. The second-order valence-electron chi connectivity index (χ2n) is 8.31. The number of carbonyl (C=O) groups is 4. The number of rotatable bonds is 14. The zero-order valence-corrected chi connectivity index (χ0v) is 19.7. The molecule has 0 bridgehead atoms. The lowest BCUT2D eigenvalue weighted by atomic mass is 9.83. The molecular formula is C22H36N2O8. The minimum absolute atomic E-state index is 0.0419. The van der Waals surface area contributed by atoms with Crippen molar-refractivity contribution in [3.8, 4) is 0 Å². The Bertz CT molecular complexity index is 687. The lowest BCUT2D eigenvalue weighted by Gasteiger charge is -2.28. The van der Waals surface area contributed by atoms with E-state index in [0.717, 1.165) is 0 Å². The highest BCUT2D eigenvalue weighted by Crippen LogP contribution is 2.24. The number of ether oxygens (including phenoxy) is 4. The number of hydrogen-bond donors (Lipinski definition) is 2. The lowest BCUT2D eigenvalue weighted by molar-refractivity contribution is -0.140. The van der Waals surface area contributed by atoms with Crippen LogP contribution in [0.2, 0.25) is 0 Å². The van der Waals surface area contributed by atoms with Crippen LogP contribution in [0.3, 0.4) is 0 Å². The van der Waals surface area contributed by atoms with Crippen molar-refractivity contribution >= 4 is 24.1 Å². The lowest BCUT2D eigenvalue weighted by Crippen LogP contribution is -2.37. The molecule has 182 valence electrons. The fourth-order valence-electron chi connectivity index (χ4n) is 2.54. The summed E-state index contributed by atoms with van der Waals surface area (Å²) in [7, 11) is 0. The van der Waals surface area contributed by atoms with Gasteiger partial charge < -0.3 is 29.6 Å². The van der Waals surface area contributed by atoms with Gasteiger partial charge in [0.15, 0.2) is 0 Å². The average molecular weight is 457 g/mol. The molecule has 0 aliphatic rings. The molecule has 2 N–H and O–H groups in total. The summed E-state index contributed by atoms with van der Waals surface area (Å²) in [6.45, 7) is 16.4. The van der Waals surface area contributed by atoms with Crippen LogP contribution in [0.1, 0.15) is 41.0 Å². The molecule has 10 heteroatoms. The second-order valence-corrected chi connectivity index (χ2v) is 8.31. The van der Waals surface area contributed by atoms with Crippen LogP contribution in [0.4, 0.5) is 9.59 Å². The number of amides is 2. The Labute approximate surface area is 189 Å². The minimum Gasteiger partial charge on any atom is -0.459 e. The van der Waals surface area contributed by atoms with Crippen LogP contribution < -0.4 is 10.6 Å². The van der Waals surface area contributed by atoms with Gasteiger partial charge in [-0.05, 0) is 31.6 Å². The van der Waals surface area contributed by atoms with E-state index in [1.807, 2.05) is 20.8 Å². The largest absolute Gasteiger partial charge is 0.459 e. The van der Waals surface area contributed by atoms with Crippen molar-refractivity contribution in [1.29, 1.82) is 0 Å². The normalized spacial score (nSPS) is 11.5. The van der Waals surface area contributed by atoms with Crippen molar-refractivity contribution in [3.63, 3.8) is 0 Å². The van der Waals surface area contributed by atoms with Crippen molar-refractivity contribution in [2.75, 3.05) is 39.5 Å². The van der Waals surface area contributed by atoms with Gasteiger partial charge in [-0.2, -0.15) is 0 Å². The van der Waals surface area contributed by atoms with Crippen molar-refractivity contribution in [2.45, 2.75) is 41.0 Å². The molecule has 0 saturated carbocycles. The molecule has 1 unspecified atom stereocenters. The Morgan fingerprint density at radius 1 is 0.781 bits per heavy atom. The van der Waals surface area contributed by atoms with Crippen molar-refractivity contribution < 1.29 is 38.1 Å². The van der Waals surface area contributed by atoms with Crippen LogP contribution in [0.5, 0.6) is 0 Å². The molecule has 0 rings (SSSR count). The standard InChI is InChI=1S/C22H36N2O8/c1-15(2)18(25)29-8-10-31-20(27)23-13-17(5)12-22(6,7)14-24-21(28)32-11-9-30-19(26)16(3)4/h17H,1,3,8-14H2,2,4-7H3,(H,23,27)(H,24,28). The fourth-order valence-corrected chi connectivity index (χ4v) is 2.54. The molecule has 0 heterocycles. The molecule has 1 atom stereocenters. The molecule has 0 saturated heterocycles. The molecular weight excluding hydrogens is 420 g/mol. The fraction of sp³-hybridized carbons (Fsp3) is 0.636. The van der Waals surface area contributed by atoms with Crippen LogP contribution >= 0.6 is 0 Å². The van der Waals surface area contributed by atoms with Gasteiger partial charge in [-0.3, -0.25) is 0 Å². The van der Waals surface area contributed by atoms with Gasteiger partial charge in [0.25, 0.3) is 0 Å². The molecule has 0 spiro atoms. The van der Waals surface area contributed by atoms with E-state index < -0.39 is 24.1 Å². The Morgan fingerprint density at radius 3 is 1.62 bits per heavy atom. The topological polar surface area (TPSA) is 129 Å². The molecule has 0 aromatic heterocycles. The quantitative estimate of drug-likeness (QED) is 0.177. The molecule has 0 radical (unpaired) electrons. The average Bonchev–Trinajstić information content (AvgIpc) is 2.70. The molecule has 0 aromatic carbocycles. The maximum atomic E-state index is 11.8. The monoisotopic (exact) mass is 456 g/mol. The summed E-state index contributed by atoms with van der Waals surface area (Å²) in [5, 5.41) is 5.33. The van der Waals surface area contributed by atoms with Crippen molar-refractivity contribution in [3.05, 3.63) is 24.3 Å². The Balaban J connectivity index is 4.01. The highest BCUT2D eigenvalue weighted by atomic mass is 16.6.